The Bertz CT molecular complexity index is 755. The molecule has 0 unspecified atom stereocenters. The molecule has 0 aliphatic heterocycles. The molecular weight excluding hydrogens is 346 g/mol. The number of hydrogen-bond acceptors (Lipinski definition) is 4. The summed E-state index contributed by atoms with van der Waals surface area (Å²) in [5.41, 5.74) is 0.271. The van der Waals surface area contributed by atoms with E-state index in [0.717, 1.165) is 6.07 Å². The minimum absolute atomic E-state index is 0.0121. The second-order valence-corrected chi connectivity index (χ2v) is 5.37. The number of benzene rings is 1. The normalized spacial score (nSPS) is 11.7. The van der Waals surface area contributed by atoms with Crippen molar-refractivity contribution < 1.29 is 18.7 Å². The SMILES string of the molecule is C[C@@H](OC(=O)c1cc(Cl)ccn1)C(=O)Nc1ccc(F)c(Cl)c1. The monoisotopic (exact) mass is 356 g/mol. The molecule has 23 heavy (non-hydrogen) atoms. The molecule has 5 nitrogen and oxygen atoms in total. The summed E-state index contributed by atoms with van der Waals surface area (Å²) in [6.07, 6.45) is 0.261. The van der Waals surface area contributed by atoms with Crippen LogP contribution in [0.15, 0.2) is 36.5 Å². The van der Waals surface area contributed by atoms with Gasteiger partial charge in [0.1, 0.15) is 11.5 Å². The van der Waals surface area contributed by atoms with Gasteiger partial charge in [0.05, 0.1) is 5.02 Å². The summed E-state index contributed by atoms with van der Waals surface area (Å²) in [6, 6.07) is 6.54. The fourth-order valence-corrected chi connectivity index (χ4v) is 1.95. The molecule has 1 amide bonds. The molecule has 1 N–H and O–H groups in total. The van der Waals surface area contributed by atoms with E-state index in [4.69, 9.17) is 27.9 Å². The zero-order valence-electron chi connectivity index (χ0n) is 11.8. The lowest BCUT2D eigenvalue weighted by Gasteiger charge is -2.13. The first-order valence-electron chi connectivity index (χ1n) is 6.45. The lowest BCUT2D eigenvalue weighted by molar-refractivity contribution is -0.123. The van der Waals surface area contributed by atoms with Crippen molar-refractivity contribution in [2.45, 2.75) is 13.0 Å². The molecule has 0 aliphatic rings. The van der Waals surface area contributed by atoms with E-state index in [-0.39, 0.29) is 16.4 Å². The number of anilines is 1. The molecule has 0 saturated carbocycles. The van der Waals surface area contributed by atoms with E-state index in [9.17, 15) is 14.0 Å². The van der Waals surface area contributed by atoms with Crippen LogP contribution in [0.1, 0.15) is 17.4 Å². The van der Waals surface area contributed by atoms with Crippen molar-refractivity contribution in [2.75, 3.05) is 5.32 Å². The smallest absolute Gasteiger partial charge is 0.357 e. The van der Waals surface area contributed by atoms with Gasteiger partial charge in [-0.2, -0.15) is 0 Å². The molecule has 1 atom stereocenters. The Labute approximate surface area is 141 Å². The Morgan fingerprint density at radius 2 is 2.00 bits per heavy atom. The maximum absolute atomic E-state index is 13.1. The molecule has 0 saturated heterocycles. The van der Waals surface area contributed by atoms with E-state index in [1.54, 1.807) is 0 Å². The average Bonchev–Trinajstić information content (AvgIpc) is 2.50. The number of esters is 1. The lowest BCUT2D eigenvalue weighted by Crippen LogP contribution is -2.30. The van der Waals surface area contributed by atoms with Crippen LogP contribution < -0.4 is 5.32 Å². The highest BCUT2D eigenvalue weighted by Gasteiger charge is 2.20. The van der Waals surface area contributed by atoms with Gasteiger partial charge in [-0.3, -0.25) is 4.79 Å². The van der Waals surface area contributed by atoms with Crippen LogP contribution >= 0.6 is 23.2 Å². The second-order valence-electron chi connectivity index (χ2n) is 4.52. The highest BCUT2D eigenvalue weighted by molar-refractivity contribution is 6.31. The zero-order valence-corrected chi connectivity index (χ0v) is 13.4. The topological polar surface area (TPSA) is 68.3 Å². The standard InChI is InChI=1S/C15H11Cl2FN2O3/c1-8(23-15(22)13-6-9(16)4-5-19-13)14(21)20-10-2-3-12(18)11(17)7-10/h2-8H,1H3,(H,20,21)/t8-/m1/s1. The van der Waals surface area contributed by atoms with Crippen molar-refractivity contribution in [3.05, 3.63) is 58.1 Å². The number of amides is 1. The van der Waals surface area contributed by atoms with E-state index in [1.165, 1.54) is 37.4 Å². The Kier molecular flexibility index (Phi) is 5.52. The number of aromatic nitrogens is 1. The second kappa shape index (κ2) is 7.39. The van der Waals surface area contributed by atoms with Crippen molar-refractivity contribution in [1.82, 2.24) is 4.98 Å². The summed E-state index contributed by atoms with van der Waals surface area (Å²) >= 11 is 11.4. The highest BCUT2D eigenvalue weighted by Crippen LogP contribution is 2.19. The molecule has 0 fully saturated rings. The van der Waals surface area contributed by atoms with Gasteiger partial charge < -0.3 is 10.1 Å². The molecule has 2 aromatic rings. The summed E-state index contributed by atoms with van der Waals surface area (Å²) in [5, 5.41) is 2.66. The van der Waals surface area contributed by atoms with Crippen molar-refractivity contribution in [3.8, 4) is 0 Å². The number of halogens is 3. The van der Waals surface area contributed by atoms with Crippen LogP contribution in [-0.2, 0) is 9.53 Å². The van der Waals surface area contributed by atoms with E-state index in [0.29, 0.717) is 5.02 Å². The molecule has 120 valence electrons. The van der Waals surface area contributed by atoms with Gasteiger partial charge in [0.2, 0.25) is 0 Å². The van der Waals surface area contributed by atoms with E-state index >= 15 is 0 Å². The maximum atomic E-state index is 13.1. The fourth-order valence-electron chi connectivity index (χ4n) is 1.61. The van der Waals surface area contributed by atoms with Gasteiger partial charge in [-0.1, -0.05) is 23.2 Å². The quantitative estimate of drug-likeness (QED) is 0.847. The minimum Gasteiger partial charge on any atom is -0.448 e. The molecule has 0 radical (unpaired) electrons. The van der Waals surface area contributed by atoms with Gasteiger partial charge in [0, 0.05) is 16.9 Å². The number of nitrogens with one attached hydrogen (secondary N) is 1. The average molecular weight is 357 g/mol. The van der Waals surface area contributed by atoms with E-state index < -0.39 is 23.8 Å². The zero-order chi connectivity index (χ0) is 17.0. The molecule has 8 heteroatoms. The summed E-state index contributed by atoms with van der Waals surface area (Å²) in [7, 11) is 0. The van der Waals surface area contributed by atoms with Crippen molar-refractivity contribution in [3.63, 3.8) is 0 Å². The molecule has 1 heterocycles. The van der Waals surface area contributed by atoms with Crippen LogP contribution in [0.5, 0.6) is 0 Å². The van der Waals surface area contributed by atoms with Crippen molar-refractivity contribution >= 4 is 40.8 Å². The van der Waals surface area contributed by atoms with Gasteiger partial charge in [0.15, 0.2) is 6.10 Å². The predicted octanol–water partition coefficient (Wildman–Crippen LogP) is 3.71. The molecule has 2 rings (SSSR count). The Balaban J connectivity index is 1.99. The number of rotatable bonds is 4. The van der Waals surface area contributed by atoms with Crippen LogP contribution in [0.4, 0.5) is 10.1 Å². The van der Waals surface area contributed by atoms with Crippen LogP contribution in [0.3, 0.4) is 0 Å². The Morgan fingerprint density at radius 1 is 1.26 bits per heavy atom. The third kappa shape index (κ3) is 4.64. The third-order valence-electron chi connectivity index (χ3n) is 2.77. The number of ether oxygens (including phenoxy) is 1. The van der Waals surface area contributed by atoms with Crippen LogP contribution in [0.25, 0.3) is 0 Å². The van der Waals surface area contributed by atoms with Gasteiger partial charge >= 0.3 is 5.97 Å². The fraction of sp³-hybridized carbons (Fsp3) is 0.133. The summed E-state index contributed by atoms with van der Waals surface area (Å²) in [6.45, 7) is 1.39. The summed E-state index contributed by atoms with van der Waals surface area (Å²) in [5.74, 6) is -1.98. The molecule has 0 aliphatic carbocycles. The van der Waals surface area contributed by atoms with E-state index in [1.807, 2.05) is 0 Å². The summed E-state index contributed by atoms with van der Waals surface area (Å²) in [4.78, 5) is 27.6. The number of carbonyl (C=O) groups is 2. The van der Waals surface area contributed by atoms with Gasteiger partial charge in [-0.15, -0.1) is 0 Å². The van der Waals surface area contributed by atoms with Gasteiger partial charge in [0.25, 0.3) is 5.91 Å². The van der Waals surface area contributed by atoms with Crippen LogP contribution in [0, 0.1) is 5.82 Å². The molecule has 0 bridgehead atoms. The number of hydrogen-bond donors (Lipinski definition) is 1. The molecule has 0 spiro atoms. The largest absolute Gasteiger partial charge is 0.448 e. The number of carbonyl (C=O) groups excluding carboxylic acids is 2. The maximum Gasteiger partial charge on any atom is 0.357 e. The van der Waals surface area contributed by atoms with Crippen molar-refractivity contribution in [1.29, 1.82) is 0 Å². The molecular formula is C15H11Cl2FN2O3. The van der Waals surface area contributed by atoms with Crippen LogP contribution in [0.2, 0.25) is 10.0 Å². The van der Waals surface area contributed by atoms with Gasteiger partial charge in [-0.05, 0) is 37.3 Å². The minimum atomic E-state index is -1.09. The van der Waals surface area contributed by atoms with Crippen LogP contribution in [-0.4, -0.2) is 23.0 Å². The molecule has 1 aromatic heterocycles. The Hall–Kier alpha value is -2.18. The predicted molar refractivity (Wildman–Crippen MR) is 84.2 cm³/mol. The lowest BCUT2D eigenvalue weighted by atomic mass is 10.3. The van der Waals surface area contributed by atoms with Crippen molar-refractivity contribution in [2.24, 2.45) is 0 Å². The highest BCUT2D eigenvalue weighted by atomic mass is 35.5. The first kappa shape index (κ1) is 17.2. The Morgan fingerprint density at radius 3 is 2.65 bits per heavy atom. The third-order valence-corrected chi connectivity index (χ3v) is 3.30. The first-order valence-corrected chi connectivity index (χ1v) is 7.21. The first-order chi connectivity index (χ1) is 10.9. The van der Waals surface area contributed by atoms with Gasteiger partial charge in [-0.25, -0.2) is 14.2 Å². The number of pyridine rings is 1. The number of nitrogens with zero attached hydrogens (tertiary/aromatic N) is 1. The molecule has 1 aromatic carbocycles. The van der Waals surface area contributed by atoms with E-state index in [2.05, 4.69) is 10.3 Å². The summed E-state index contributed by atoms with van der Waals surface area (Å²) < 4.78 is 18.1.